The minimum atomic E-state index is -0.0911. The van der Waals surface area contributed by atoms with E-state index < -0.39 is 0 Å². The van der Waals surface area contributed by atoms with Crippen molar-refractivity contribution in [3.8, 4) is 0 Å². The molecule has 0 spiro atoms. The number of nitrogen functional groups attached to an aromatic ring is 1. The van der Waals surface area contributed by atoms with Crippen LogP contribution in [0.2, 0.25) is 0 Å². The molecule has 1 aliphatic heterocycles. The van der Waals surface area contributed by atoms with Gasteiger partial charge in [-0.15, -0.1) is 0 Å². The number of amidine groups is 1. The smallest absolute Gasteiger partial charge is 0.322 e. The van der Waals surface area contributed by atoms with Crippen molar-refractivity contribution >= 4 is 23.5 Å². The number of nitrogens with zero attached hydrogens (tertiary/aromatic N) is 2. The first-order valence-electron chi connectivity index (χ1n) is 12.9. The summed E-state index contributed by atoms with van der Waals surface area (Å²) in [4.78, 5) is 30.1. The van der Waals surface area contributed by atoms with Crippen molar-refractivity contribution < 1.29 is 9.59 Å². The Morgan fingerprint density at radius 3 is 2.29 bits per heavy atom. The lowest BCUT2D eigenvalue weighted by Crippen LogP contribution is -2.53. The summed E-state index contributed by atoms with van der Waals surface area (Å²) in [6, 6.07) is 17.3. The predicted octanol–water partition coefficient (Wildman–Crippen LogP) is 4.44. The number of nitrogens with one attached hydrogen (secondary N) is 2. The standard InChI is InChI=1S/C28H37N5O2/c29-27(30)22-11-8-14-25(20-22)33(24-12-6-1-2-7-13-24)28(35)31-23-15-17-32(18-16-23)26(34)19-21-9-4-3-5-10-21/h3-5,8-11,14,20,23-24H,1-2,6-7,12-13,15-19H2,(H3,29,30)(H,31,35). The van der Waals surface area contributed by atoms with Crippen LogP contribution in [-0.4, -0.2) is 47.8 Å². The Morgan fingerprint density at radius 1 is 0.943 bits per heavy atom. The summed E-state index contributed by atoms with van der Waals surface area (Å²) in [5.41, 5.74) is 8.17. The number of likely N-dealkylation sites (tertiary alicyclic amines) is 1. The van der Waals surface area contributed by atoms with Gasteiger partial charge in [0.1, 0.15) is 5.84 Å². The van der Waals surface area contributed by atoms with Crippen LogP contribution in [0.1, 0.15) is 62.5 Å². The highest BCUT2D eigenvalue weighted by molar-refractivity contribution is 5.98. The lowest BCUT2D eigenvalue weighted by Gasteiger charge is -2.36. The maximum atomic E-state index is 13.6. The number of carbonyl (C=O) groups is 2. The molecule has 1 saturated heterocycles. The van der Waals surface area contributed by atoms with Crippen LogP contribution in [0.3, 0.4) is 0 Å². The zero-order valence-electron chi connectivity index (χ0n) is 20.4. The highest BCUT2D eigenvalue weighted by Crippen LogP contribution is 2.28. The van der Waals surface area contributed by atoms with Crippen LogP contribution in [0.4, 0.5) is 10.5 Å². The molecular formula is C28H37N5O2. The molecule has 0 bridgehead atoms. The van der Waals surface area contributed by atoms with Gasteiger partial charge in [0.05, 0.1) is 6.42 Å². The summed E-state index contributed by atoms with van der Waals surface area (Å²) in [5.74, 6) is 0.141. The molecule has 1 saturated carbocycles. The Kier molecular flexibility index (Phi) is 8.40. The van der Waals surface area contributed by atoms with Gasteiger partial charge in [0.25, 0.3) is 0 Å². The summed E-state index contributed by atoms with van der Waals surface area (Å²) < 4.78 is 0. The van der Waals surface area contributed by atoms with Crippen LogP contribution < -0.4 is 16.0 Å². The molecule has 2 aliphatic rings. The minimum absolute atomic E-state index is 0.000571. The maximum absolute atomic E-state index is 13.6. The van der Waals surface area contributed by atoms with Gasteiger partial charge in [0, 0.05) is 36.4 Å². The SMILES string of the molecule is N=C(N)c1cccc(N(C(=O)NC2CCN(C(=O)Cc3ccccc3)CC2)C2CCCCCC2)c1. The third kappa shape index (κ3) is 6.62. The summed E-state index contributed by atoms with van der Waals surface area (Å²) >= 11 is 0. The molecule has 2 aromatic carbocycles. The average molecular weight is 476 g/mol. The number of benzene rings is 2. The van der Waals surface area contributed by atoms with Crippen LogP contribution in [0.15, 0.2) is 54.6 Å². The van der Waals surface area contributed by atoms with E-state index in [2.05, 4.69) is 5.32 Å². The molecule has 0 unspecified atom stereocenters. The average Bonchev–Trinajstić information content (AvgIpc) is 3.15. The molecule has 0 radical (unpaired) electrons. The van der Waals surface area contributed by atoms with Crippen LogP contribution in [-0.2, 0) is 11.2 Å². The van der Waals surface area contributed by atoms with Crippen molar-refractivity contribution in [1.29, 1.82) is 5.41 Å². The van der Waals surface area contributed by atoms with Crippen molar-refractivity contribution in [3.63, 3.8) is 0 Å². The van der Waals surface area contributed by atoms with Crippen LogP contribution in [0.5, 0.6) is 0 Å². The summed E-state index contributed by atoms with van der Waals surface area (Å²) in [6.07, 6.45) is 8.50. The van der Waals surface area contributed by atoms with E-state index in [4.69, 9.17) is 11.1 Å². The van der Waals surface area contributed by atoms with Crippen molar-refractivity contribution in [2.24, 2.45) is 5.73 Å². The Labute approximate surface area is 208 Å². The summed E-state index contributed by atoms with van der Waals surface area (Å²) in [5, 5.41) is 11.1. The highest BCUT2D eigenvalue weighted by Gasteiger charge is 2.30. The van der Waals surface area contributed by atoms with E-state index >= 15 is 0 Å². The first-order valence-corrected chi connectivity index (χ1v) is 12.9. The number of amides is 3. The second-order valence-corrected chi connectivity index (χ2v) is 9.75. The maximum Gasteiger partial charge on any atom is 0.322 e. The summed E-state index contributed by atoms with van der Waals surface area (Å²) in [6.45, 7) is 1.31. The second-order valence-electron chi connectivity index (χ2n) is 9.75. The Balaban J connectivity index is 1.40. The largest absolute Gasteiger partial charge is 0.384 e. The number of hydrogen-bond donors (Lipinski definition) is 3. The molecule has 186 valence electrons. The van der Waals surface area contributed by atoms with Crippen molar-refractivity contribution in [3.05, 3.63) is 65.7 Å². The zero-order valence-corrected chi connectivity index (χ0v) is 20.4. The van der Waals surface area contributed by atoms with Crippen molar-refractivity contribution in [2.45, 2.75) is 69.9 Å². The quantitative estimate of drug-likeness (QED) is 0.327. The second kappa shape index (κ2) is 11.9. The molecule has 1 heterocycles. The molecule has 0 aromatic heterocycles. The van der Waals surface area contributed by atoms with E-state index in [1.165, 1.54) is 12.8 Å². The van der Waals surface area contributed by atoms with Gasteiger partial charge in [-0.25, -0.2) is 4.79 Å². The topological polar surface area (TPSA) is 103 Å². The van der Waals surface area contributed by atoms with E-state index in [0.29, 0.717) is 25.1 Å². The zero-order chi connectivity index (χ0) is 24.6. The van der Waals surface area contributed by atoms with Gasteiger partial charge in [-0.1, -0.05) is 68.1 Å². The van der Waals surface area contributed by atoms with Gasteiger partial charge < -0.3 is 16.0 Å². The van der Waals surface area contributed by atoms with Gasteiger partial charge in [0.15, 0.2) is 0 Å². The number of nitrogens with two attached hydrogens (primary N) is 1. The van der Waals surface area contributed by atoms with E-state index in [-0.39, 0.29) is 29.9 Å². The molecule has 7 heteroatoms. The number of rotatable bonds is 6. The fraction of sp³-hybridized carbons (Fsp3) is 0.464. The van der Waals surface area contributed by atoms with Crippen molar-refractivity contribution in [2.75, 3.05) is 18.0 Å². The molecule has 35 heavy (non-hydrogen) atoms. The van der Waals surface area contributed by atoms with Gasteiger partial charge in [-0.2, -0.15) is 0 Å². The molecule has 7 nitrogen and oxygen atoms in total. The predicted molar refractivity (Wildman–Crippen MR) is 140 cm³/mol. The molecular weight excluding hydrogens is 438 g/mol. The molecule has 1 aliphatic carbocycles. The first kappa shape index (κ1) is 24.8. The lowest BCUT2D eigenvalue weighted by atomic mass is 10.0. The number of urea groups is 1. The third-order valence-corrected chi connectivity index (χ3v) is 7.22. The monoisotopic (exact) mass is 475 g/mol. The normalized spacial score (nSPS) is 17.4. The molecule has 4 rings (SSSR count). The Hall–Kier alpha value is -3.35. The fourth-order valence-corrected chi connectivity index (χ4v) is 5.23. The lowest BCUT2D eigenvalue weighted by molar-refractivity contribution is -0.131. The Morgan fingerprint density at radius 2 is 1.63 bits per heavy atom. The molecule has 2 fully saturated rings. The molecule has 3 amide bonds. The number of anilines is 1. The highest BCUT2D eigenvalue weighted by atomic mass is 16.2. The van der Waals surface area contributed by atoms with Crippen LogP contribution in [0, 0.1) is 5.41 Å². The number of piperidine rings is 1. The van der Waals surface area contributed by atoms with Gasteiger partial charge >= 0.3 is 6.03 Å². The van der Waals surface area contributed by atoms with Crippen molar-refractivity contribution in [1.82, 2.24) is 10.2 Å². The fourth-order valence-electron chi connectivity index (χ4n) is 5.23. The van der Waals surface area contributed by atoms with E-state index in [1.807, 2.05) is 58.3 Å². The first-order chi connectivity index (χ1) is 17.0. The Bertz CT molecular complexity index is 1010. The molecule has 0 atom stereocenters. The van der Waals surface area contributed by atoms with Gasteiger partial charge in [-0.05, 0) is 43.4 Å². The van der Waals surface area contributed by atoms with E-state index in [9.17, 15) is 9.59 Å². The van der Waals surface area contributed by atoms with Crippen LogP contribution >= 0.6 is 0 Å². The third-order valence-electron chi connectivity index (χ3n) is 7.22. The van der Waals surface area contributed by atoms with E-state index in [1.54, 1.807) is 6.07 Å². The van der Waals surface area contributed by atoms with E-state index in [0.717, 1.165) is 49.8 Å². The van der Waals surface area contributed by atoms with Crippen LogP contribution in [0.25, 0.3) is 0 Å². The minimum Gasteiger partial charge on any atom is -0.384 e. The van der Waals surface area contributed by atoms with Gasteiger partial charge in [0.2, 0.25) is 5.91 Å². The molecule has 2 aromatic rings. The van der Waals surface area contributed by atoms with Gasteiger partial charge in [-0.3, -0.25) is 15.1 Å². The summed E-state index contributed by atoms with van der Waals surface area (Å²) in [7, 11) is 0. The number of hydrogen-bond acceptors (Lipinski definition) is 3. The number of carbonyl (C=O) groups excluding carboxylic acids is 2. The molecule has 4 N–H and O–H groups in total.